The highest BCUT2D eigenvalue weighted by Crippen LogP contribution is 2.40. The Morgan fingerprint density at radius 1 is 1.07 bits per heavy atom. The van der Waals surface area contributed by atoms with Gasteiger partial charge in [-0.15, -0.1) is 0 Å². The first-order chi connectivity index (χ1) is 20.4. The van der Waals surface area contributed by atoms with Crippen molar-refractivity contribution in [3.8, 4) is 23.0 Å². The molecule has 0 radical (unpaired) electrons. The molecule has 1 unspecified atom stereocenters. The number of phenols is 1. The largest absolute Gasteiger partial charge is 0.508 e. The molecule has 2 saturated heterocycles. The molecule has 4 bridgehead atoms. The molecule has 2 fully saturated rings. The molecule has 1 aromatic carbocycles. The number of aromatic hydroxyl groups is 1. The van der Waals surface area contributed by atoms with Gasteiger partial charge in [0.15, 0.2) is 5.82 Å². The molecule has 42 heavy (non-hydrogen) atoms. The normalized spacial score (nSPS) is 20.2. The summed E-state index contributed by atoms with van der Waals surface area (Å²) in [6.45, 7) is 7.87. The minimum Gasteiger partial charge on any atom is -0.508 e. The van der Waals surface area contributed by atoms with E-state index in [0.717, 1.165) is 75.6 Å². The molecule has 7 rings (SSSR count). The lowest BCUT2D eigenvalue weighted by Gasteiger charge is -2.32. The van der Waals surface area contributed by atoms with Crippen LogP contribution in [-0.4, -0.2) is 87.7 Å². The minimum absolute atomic E-state index is 0.0197. The minimum atomic E-state index is -0.575. The highest BCUT2D eigenvalue weighted by molar-refractivity contribution is 5.92. The highest BCUT2D eigenvalue weighted by Gasteiger charge is 2.45. The van der Waals surface area contributed by atoms with Gasteiger partial charge in [-0.2, -0.15) is 9.97 Å². The van der Waals surface area contributed by atoms with Crippen molar-refractivity contribution >= 4 is 16.7 Å². The van der Waals surface area contributed by atoms with Crippen molar-refractivity contribution in [2.24, 2.45) is 0 Å². The molecular formula is C32H42FN5O4. The van der Waals surface area contributed by atoms with E-state index < -0.39 is 5.82 Å². The number of aromatic nitrogens is 3. The van der Waals surface area contributed by atoms with Crippen LogP contribution >= 0.6 is 0 Å². The van der Waals surface area contributed by atoms with E-state index in [4.69, 9.17) is 14.5 Å². The SMILES string of the molecule is Cc1cc(O)cc2c1CCCCCOCCN(C(C)CO)c1nc(OCC34CCCN3CCC4)nc3c(F)c-2ncc13. The van der Waals surface area contributed by atoms with Crippen molar-refractivity contribution in [3.63, 3.8) is 0 Å². The summed E-state index contributed by atoms with van der Waals surface area (Å²) in [6, 6.07) is 3.12. The Hall–Kier alpha value is -3.08. The van der Waals surface area contributed by atoms with Crippen LogP contribution in [0, 0.1) is 12.7 Å². The Kier molecular flexibility index (Phi) is 8.47. The lowest BCUT2D eigenvalue weighted by atomic mass is 9.93. The summed E-state index contributed by atoms with van der Waals surface area (Å²) >= 11 is 0. The van der Waals surface area contributed by atoms with Gasteiger partial charge in [-0.05, 0) is 95.1 Å². The number of nitrogens with zero attached hydrogens (tertiary/aromatic N) is 5. The van der Waals surface area contributed by atoms with Gasteiger partial charge < -0.3 is 24.6 Å². The fourth-order valence-corrected chi connectivity index (χ4v) is 7.08. The second-order valence-corrected chi connectivity index (χ2v) is 12.2. The van der Waals surface area contributed by atoms with Crippen molar-refractivity contribution < 1.29 is 24.1 Å². The Morgan fingerprint density at radius 2 is 1.88 bits per heavy atom. The van der Waals surface area contributed by atoms with E-state index in [2.05, 4.69) is 14.9 Å². The van der Waals surface area contributed by atoms with Crippen molar-refractivity contribution in [1.82, 2.24) is 19.9 Å². The lowest BCUT2D eigenvalue weighted by molar-refractivity contribution is 0.107. The second kappa shape index (κ2) is 12.3. The number of aryl methyl sites for hydroxylation is 1. The predicted octanol–water partition coefficient (Wildman–Crippen LogP) is 4.78. The van der Waals surface area contributed by atoms with Gasteiger partial charge in [0, 0.05) is 24.9 Å². The number of hydrogen-bond donors (Lipinski definition) is 2. The first-order valence-electron chi connectivity index (χ1n) is 15.4. The zero-order valence-electron chi connectivity index (χ0n) is 24.7. The van der Waals surface area contributed by atoms with Crippen LogP contribution in [0.15, 0.2) is 18.3 Å². The molecule has 9 nitrogen and oxygen atoms in total. The maximum Gasteiger partial charge on any atom is 0.319 e. The molecule has 2 N–H and O–H groups in total. The van der Waals surface area contributed by atoms with Crippen molar-refractivity contribution in [1.29, 1.82) is 0 Å². The molecule has 1 atom stereocenters. The number of ether oxygens (including phenoxy) is 2. The molecule has 2 aromatic heterocycles. The molecule has 4 aliphatic heterocycles. The Balaban J connectivity index is 1.50. The number of fused-ring (bicyclic) bond motifs is 10. The molecule has 10 heteroatoms. The third-order valence-electron chi connectivity index (χ3n) is 9.40. The third-order valence-corrected chi connectivity index (χ3v) is 9.40. The quantitative estimate of drug-likeness (QED) is 0.442. The standard InChI is InChI=1S/C32H42FN5O4/c1-21-16-23(40)17-25-24(21)8-4-3-5-14-41-15-13-38(22(2)19-39)30-26-18-34-28(25)27(33)29(26)35-31(36-30)42-20-32-9-6-11-37(32)12-7-10-32/h16-18,22,39-40H,3-15,19-20H2,1-2H3. The van der Waals surface area contributed by atoms with Crippen LogP contribution < -0.4 is 9.64 Å². The van der Waals surface area contributed by atoms with E-state index in [1.165, 1.54) is 0 Å². The molecule has 0 aliphatic carbocycles. The van der Waals surface area contributed by atoms with Crippen LogP contribution in [-0.2, 0) is 11.2 Å². The molecule has 0 amide bonds. The summed E-state index contributed by atoms with van der Waals surface area (Å²) in [5, 5.41) is 21.1. The van der Waals surface area contributed by atoms with Crippen molar-refractivity contribution in [2.45, 2.75) is 76.8 Å². The number of halogens is 1. The van der Waals surface area contributed by atoms with Crippen LogP contribution in [0.1, 0.15) is 63.0 Å². The average Bonchev–Trinajstić information content (AvgIpc) is 3.56. The molecule has 4 aliphatic rings. The van der Waals surface area contributed by atoms with Gasteiger partial charge in [-0.3, -0.25) is 9.88 Å². The number of anilines is 1. The Bertz CT molecular complexity index is 1430. The van der Waals surface area contributed by atoms with Crippen LogP contribution in [0.25, 0.3) is 22.2 Å². The van der Waals surface area contributed by atoms with Gasteiger partial charge in [0.25, 0.3) is 0 Å². The summed E-state index contributed by atoms with van der Waals surface area (Å²) < 4.78 is 29.0. The average molecular weight is 580 g/mol. The summed E-state index contributed by atoms with van der Waals surface area (Å²) in [7, 11) is 0. The second-order valence-electron chi connectivity index (χ2n) is 12.2. The predicted molar refractivity (Wildman–Crippen MR) is 160 cm³/mol. The zero-order valence-corrected chi connectivity index (χ0v) is 24.7. The highest BCUT2D eigenvalue weighted by atomic mass is 19.1. The van der Waals surface area contributed by atoms with Crippen LogP contribution in [0.5, 0.6) is 11.8 Å². The van der Waals surface area contributed by atoms with Crippen molar-refractivity contribution in [3.05, 3.63) is 35.3 Å². The Labute approximate surface area is 246 Å². The number of benzene rings is 1. The number of pyridine rings is 1. The molecular weight excluding hydrogens is 537 g/mol. The van der Waals surface area contributed by atoms with Gasteiger partial charge in [-0.1, -0.05) is 6.42 Å². The summed E-state index contributed by atoms with van der Waals surface area (Å²) in [6.07, 6.45) is 9.56. The van der Waals surface area contributed by atoms with Gasteiger partial charge in [-0.25, -0.2) is 4.39 Å². The summed E-state index contributed by atoms with van der Waals surface area (Å²) in [4.78, 5) is 18.5. The van der Waals surface area contributed by atoms with E-state index in [1.54, 1.807) is 18.3 Å². The van der Waals surface area contributed by atoms with E-state index in [0.29, 0.717) is 43.1 Å². The van der Waals surface area contributed by atoms with Gasteiger partial charge in [0.1, 0.15) is 29.4 Å². The zero-order chi connectivity index (χ0) is 29.3. The number of phenolic OH excluding ortho intramolecular Hbond substituents is 1. The summed E-state index contributed by atoms with van der Waals surface area (Å²) in [5.41, 5.74) is 2.69. The van der Waals surface area contributed by atoms with E-state index in [-0.39, 0.29) is 41.2 Å². The fourth-order valence-electron chi connectivity index (χ4n) is 7.08. The summed E-state index contributed by atoms with van der Waals surface area (Å²) in [5.74, 6) is -0.0407. The molecule has 0 saturated carbocycles. The first kappa shape index (κ1) is 29.0. The van der Waals surface area contributed by atoms with Crippen LogP contribution in [0.2, 0.25) is 0 Å². The first-order valence-corrected chi connectivity index (χ1v) is 15.4. The van der Waals surface area contributed by atoms with E-state index in [1.807, 2.05) is 18.7 Å². The molecule has 226 valence electrons. The van der Waals surface area contributed by atoms with Crippen LogP contribution in [0.3, 0.4) is 0 Å². The number of aliphatic hydroxyl groups is 1. The van der Waals surface area contributed by atoms with Gasteiger partial charge in [0.05, 0.1) is 30.2 Å². The topological polar surface area (TPSA) is 104 Å². The van der Waals surface area contributed by atoms with E-state index in [9.17, 15) is 10.2 Å². The van der Waals surface area contributed by atoms with Crippen LogP contribution in [0.4, 0.5) is 10.2 Å². The van der Waals surface area contributed by atoms with E-state index >= 15 is 4.39 Å². The van der Waals surface area contributed by atoms with Gasteiger partial charge >= 0.3 is 6.01 Å². The number of hydrogen-bond acceptors (Lipinski definition) is 9. The van der Waals surface area contributed by atoms with Gasteiger partial charge in [0.2, 0.25) is 0 Å². The third kappa shape index (κ3) is 5.52. The molecule has 0 spiro atoms. The lowest BCUT2D eigenvalue weighted by Crippen LogP contribution is -2.43. The number of aliphatic hydroxyl groups excluding tert-OH is 1. The molecule has 6 heterocycles. The maximum atomic E-state index is 16.7. The number of rotatable bonds is 5. The monoisotopic (exact) mass is 579 g/mol. The smallest absolute Gasteiger partial charge is 0.319 e. The maximum absolute atomic E-state index is 16.7. The fraction of sp³-hybridized carbons (Fsp3) is 0.594. The van der Waals surface area contributed by atoms with Crippen molar-refractivity contribution in [2.75, 3.05) is 51.0 Å². The Morgan fingerprint density at radius 3 is 2.67 bits per heavy atom. The molecule has 3 aromatic rings.